The Morgan fingerprint density at radius 1 is 1.11 bits per heavy atom. The lowest BCUT2D eigenvalue weighted by Crippen LogP contribution is -2.67. The summed E-state index contributed by atoms with van der Waals surface area (Å²) in [6.07, 6.45) is 2.06. The topological polar surface area (TPSA) is 47.9 Å². The Balaban J connectivity index is 2.36. The average molecular weight is 286 g/mol. The normalized spacial score (nSPS) is 34.6. The van der Waals surface area contributed by atoms with E-state index in [2.05, 4.69) is 41.5 Å². The third-order valence-electron chi connectivity index (χ3n) is 3.96. The van der Waals surface area contributed by atoms with Crippen LogP contribution in [0.5, 0.6) is 0 Å². The fourth-order valence-electron chi connectivity index (χ4n) is 3.25. The van der Waals surface area contributed by atoms with Gasteiger partial charge in [0.2, 0.25) is 0 Å². The van der Waals surface area contributed by atoms with E-state index >= 15 is 0 Å². The molecule has 0 bridgehead atoms. The third kappa shape index (κ3) is 2.37. The predicted molar refractivity (Wildman–Crippen MR) is 76.0 cm³/mol. The van der Waals surface area contributed by atoms with E-state index in [0.29, 0.717) is 6.61 Å². The minimum absolute atomic E-state index is 0.0723. The summed E-state index contributed by atoms with van der Waals surface area (Å²) in [7, 11) is -2.51. The summed E-state index contributed by atoms with van der Waals surface area (Å²) in [5.74, 6) is 0. The van der Waals surface area contributed by atoms with Gasteiger partial charge in [-0.3, -0.25) is 0 Å². The van der Waals surface area contributed by atoms with Gasteiger partial charge in [-0.15, -0.1) is 0 Å². The second kappa shape index (κ2) is 4.58. The number of fused-ring (bicyclic) bond motifs is 1. The van der Waals surface area contributed by atoms with Crippen LogP contribution in [0.25, 0.3) is 0 Å². The van der Waals surface area contributed by atoms with Gasteiger partial charge >= 0.3 is 8.56 Å². The molecule has 3 atom stereocenters. The Kier molecular flexibility index (Phi) is 3.63. The van der Waals surface area contributed by atoms with Gasteiger partial charge in [0.1, 0.15) is 18.3 Å². The van der Waals surface area contributed by atoms with E-state index in [0.717, 1.165) is 0 Å². The van der Waals surface area contributed by atoms with Crippen LogP contribution in [-0.2, 0) is 13.6 Å². The van der Waals surface area contributed by atoms with Gasteiger partial charge < -0.3 is 18.7 Å². The lowest BCUT2D eigenvalue weighted by molar-refractivity contribution is -0.122. The molecule has 0 aliphatic carbocycles. The molecule has 5 heteroatoms. The Morgan fingerprint density at radius 3 is 2.21 bits per heavy atom. The number of hydrogen-bond donors (Lipinski definition) is 1. The van der Waals surface area contributed by atoms with Crippen LogP contribution in [0.4, 0.5) is 0 Å². The maximum absolute atomic E-state index is 10.1. The van der Waals surface area contributed by atoms with Crippen molar-refractivity contribution in [3.05, 3.63) is 12.3 Å². The van der Waals surface area contributed by atoms with Crippen molar-refractivity contribution in [1.29, 1.82) is 0 Å². The van der Waals surface area contributed by atoms with Crippen molar-refractivity contribution < 1.29 is 18.7 Å². The molecule has 0 spiro atoms. The highest BCUT2D eigenvalue weighted by Crippen LogP contribution is 2.54. The molecule has 1 fully saturated rings. The van der Waals surface area contributed by atoms with Gasteiger partial charge in [0.15, 0.2) is 0 Å². The van der Waals surface area contributed by atoms with Gasteiger partial charge in [0.25, 0.3) is 0 Å². The second-order valence-electron chi connectivity index (χ2n) is 7.50. The molecular formula is C14H26O4Si. The summed E-state index contributed by atoms with van der Waals surface area (Å²) in [4.78, 5) is 0. The molecule has 0 radical (unpaired) electrons. The Morgan fingerprint density at radius 2 is 1.68 bits per heavy atom. The molecule has 110 valence electrons. The van der Waals surface area contributed by atoms with Crippen LogP contribution in [0.15, 0.2) is 12.3 Å². The molecule has 4 nitrogen and oxygen atoms in total. The minimum Gasteiger partial charge on any atom is -0.493 e. The first kappa shape index (κ1) is 15.0. The van der Waals surface area contributed by atoms with Crippen LogP contribution in [-0.4, -0.2) is 38.6 Å². The average Bonchev–Trinajstić information content (AvgIpc) is 2.26. The smallest absolute Gasteiger partial charge is 0.349 e. The molecule has 0 aromatic heterocycles. The van der Waals surface area contributed by atoms with Crippen molar-refractivity contribution in [3.8, 4) is 0 Å². The Bertz CT molecular complexity index is 353. The fraction of sp³-hybridized carbons (Fsp3) is 0.857. The van der Waals surface area contributed by atoms with Gasteiger partial charge in [-0.05, 0) is 6.08 Å². The van der Waals surface area contributed by atoms with E-state index < -0.39 is 14.7 Å². The lowest BCUT2D eigenvalue weighted by Gasteiger charge is -2.55. The standard InChI is InChI=1S/C14H26O4Si/c1-13(2,3)19(14(4,5)6)17-9-11-12(18-19)10(15)7-8-16-11/h7-8,10-12,15H,9H2,1-6H3/t10-,11-,12+/m1/s1. The summed E-state index contributed by atoms with van der Waals surface area (Å²) in [6, 6.07) is 0. The maximum Gasteiger partial charge on any atom is 0.349 e. The number of ether oxygens (including phenoxy) is 1. The van der Waals surface area contributed by atoms with Crippen LogP contribution in [0.1, 0.15) is 41.5 Å². The van der Waals surface area contributed by atoms with Crippen molar-refractivity contribution in [3.63, 3.8) is 0 Å². The highest BCUT2D eigenvalue weighted by molar-refractivity contribution is 6.73. The zero-order chi connectivity index (χ0) is 14.5. The van der Waals surface area contributed by atoms with Crippen molar-refractivity contribution in [2.75, 3.05) is 6.61 Å². The highest BCUT2D eigenvalue weighted by Gasteiger charge is 2.63. The largest absolute Gasteiger partial charge is 0.493 e. The number of hydrogen-bond acceptors (Lipinski definition) is 4. The Hall–Kier alpha value is -0.363. The lowest BCUT2D eigenvalue weighted by atomic mass is 10.1. The van der Waals surface area contributed by atoms with Crippen LogP contribution >= 0.6 is 0 Å². The highest BCUT2D eigenvalue weighted by atomic mass is 28.4. The van der Waals surface area contributed by atoms with Gasteiger partial charge in [0.05, 0.1) is 12.9 Å². The molecule has 2 rings (SSSR count). The predicted octanol–water partition coefficient (Wildman–Crippen LogP) is 2.72. The van der Waals surface area contributed by atoms with E-state index in [1.165, 1.54) is 0 Å². The van der Waals surface area contributed by atoms with Crippen molar-refractivity contribution in [2.45, 2.75) is 69.9 Å². The Labute approximate surface area is 117 Å². The molecule has 0 unspecified atom stereocenters. The van der Waals surface area contributed by atoms with E-state index in [1.807, 2.05) is 0 Å². The molecule has 0 aromatic carbocycles. The fourth-order valence-corrected chi connectivity index (χ4v) is 8.21. The first-order valence-electron chi connectivity index (χ1n) is 6.90. The van der Waals surface area contributed by atoms with E-state index in [1.54, 1.807) is 12.3 Å². The summed E-state index contributed by atoms with van der Waals surface area (Å²) < 4.78 is 18.2. The molecular weight excluding hydrogens is 260 g/mol. The number of aliphatic hydroxyl groups is 1. The van der Waals surface area contributed by atoms with E-state index in [9.17, 15) is 5.11 Å². The zero-order valence-electron chi connectivity index (χ0n) is 12.8. The van der Waals surface area contributed by atoms with Gasteiger partial charge in [0, 0.05) is 10.1 Å². The SMILES string of the molecule is CC(C)(C)[Si]1(C(C)(C)C)OC[C@H]2OC=C[C@@H](O)[C@@H]2O1. The first-order valence-corrected chi connectivity index (χ1v) is 8.72. The molecule has 0 aromatic rings. The van der Waals surface area contributed by atoms with E-state index in [4.69, 9.17) is 13.6 Å². The van der Waals surface area contributed by atoms with Crippen LogP contribution < -0.4 is 0 Å². The molecule has 19 heavy (non-hydrogen) atoms. The summed E-state index contributed by atoms with van der Waals surface area (Å²) >= 11 is 0. The van der Waals surface area contributed by atoms with Crippen molar-refractivity contribution in [1.82, 2.24) is 0 Å². The minimum atomic E-state index is -2.51. The van der Waals surface area contributed by atoms with Crippen LogP contribution in [0.2, 0.25) is 10.1 Å². The second-order valence-corrected chi connectivity index (χ2v) is 12.3. The third-order valence-corrected chi connectivity index (χ3v) is 9.09. The van der Waals surface area contributed by atoms with Gasteiger partial charge in [-0.25, -0.2) is 0 Å². The number of rotatable bonds is 0. The molecule has 1 N–H and O–H groups in total. The van der Waals surface area contributed by atoms with Gasteiger partial charge in [-0.2, -0.15) is 0 Å². The molecule has 2 aliphatic rings. The van der Waals surface area contributed by atoms with Crippen molar-refractivity contribution in [2.24, 2.45) is 0 Å². The van der Waals surface area contributed by atoms with Gasteiger partial charge in [-0.1, -0.05) is 41.5 Å². The number of aliphatic hydroxyl groups excluding tert-OH is 1. The monoisotopic (exact) mass is 286 g/mol. The summed E-state index contributed by atoms with van der Waals surface area (Å²) in [6.45, 7) is 13.5. The molecule has 0 amide bonds. The quantitative estimate of drug-likeness (QED) is 0.696. The van der Waals surface area contributed by atoms with E-state index in [-0.39, 0.29) is 22.3 Å². The summed E-state index contributed by atoms with van der Waals surface area (Å²) in [5, 5.41) is 10.00. The van der Waals surface area contributed by atoms with Crippen LogP contribution in [0, 0.1) is 0 Å². The molecule has 2 heterocycles. The molecule has 1 saturated heterocycles. The molecule has 0 saturated carbocycles. The zero-order valence-corrected chi connectivity index (χ0v) is 13.8. The van der Waals surface area contributed by atoms with Crippen LogP contribution in [0.3, 0.4) is 0 Å². The van der Waals surface area contributed by atoms with Crippen molar-refractivity contribution >= 4 is 8.56 Å². The first-order chi connectivity index (χ1) is 8.58. The summed E-state index contributed by atoms with van der Waals surface area (Å²) in [5.41, 5.74) is 0. The maximum atomic E-state index is 10.1. The molecule has 2 aliphatic heterocycles.